The van der Waals surface area contributed by atoms with Crippen LogP contribution in [0.25, 0.3) is 0 Å². The van der Waals surface area contributed by atoms with Gasteiger partial charge in [0.05, 0.1) is 31.5 Å². The van der Waals surface area contributed by atoms with Crippen LogP contribution in [0.4, 0.5) is 5.00 Å². The van der Waals surface area contributed by atoms with Crippen molar-refractivity contribution in [2.75, 3.05) is 25.6 Å². The minimum Gasteiger partial charge on any atom is -0.465 e. The molecule has 2 rings (SSSR count). The molecule has 0 spiro atoms. The molecule has 1 aromatic carbocycles. The van der Waals surface area contributed by atoms with Crippen molar-refractivity contribution in [2.24, 2.45) is 0 Å². The lowest BCUT2D eigenvalue weighted by Crippen LogP contribution is -2.15. The molecule has 1 N–H and O–H groups in total. The molecular formula is C20H21NO7S. The van der Waals surface area contributed by atoms with Gasteiger partial charge < -0.3 is 19.5 Å². The van der Waals surface area contributed by atoms with Crippen LogP contribution in [0.3, 0.4) is 0 Å². The predicted molar refractivity (Wildman–Crippen MR) is 107 cm³/mol. The maximum absolute atomic E-state index is 12.6. The summed E-state index contributed by atoms with van der Waals surface area (Å²) in [5.41, 5.74) is 1.05. The van der Waals surface area contributed by atoms with Gasteiger partial charge in [0.25, 0.3) is 5.91 Å². The smallest absolute Gasteiger partial charge is 0.348 e. The topological polar surface area (TPSA) is 108 Å². The SMILES string of the molecule is CCOC(=O)c1sc(NC(=O)c2ccc(C(=O)OC)cc2)c(C(=O)OCC)c1C. The molecular weight excluding hydrogens is 398 g/mol. The van der Waals surface area contributed by atoms with Crippen LogP contribution in [-0.2, 0) is 14.2 Å². The van der Waals surface area contributed by atoms with Gasteiger partial charge in [0.1, 0.15) is 9.88 Å². The standard InChI is InChI=1S/C20H21NO7S/c1-5-27-19(24)14-11(3)15(20(25)28-6-2)29-17(14)21-16(22)12-7-9-13(10-8-12)18(23)26-4/h7-10H,5-6H2,1-4H3,(H,21,22). The first-order valence-corrected chi connectivity index (χ1v) is 9.62. The lowest BCUT2D eigenvalue weighted by Gasteiger charge is -2.07. The number of carbonyl (C=O) groups excluding carboxylic acids is 4. The van der Waals surface area contributed by atoms with E-state index in [1.165, 1.54) is 31.4 Å². The van der Waals surface area contributed by atoms with Crippen LogP contribution in [-0.4, -0.2) is 44.1 Å². The van der Waals surface area contributed by atoms with Crippen molar-refractivity contribution in [2.45, 2.75) is 20.8 Å². The van der Waals surface area contributed by atoms with Crippen molar-refractivity contribution in [3.63, 3.8) is 0 Å². The molecule has 0 saturated carbocycles. The summed E-state index contributed by atoms with van der Waals surface area (Å²) >= 11 is 0.942. The average molecular weight is 419 g/mol. The van der Waals surface area contributed by atoms with E-state index >= 15 is 0 Å². The largest absolute Gasteiger partial charge is 0.465 e. The van der Waals surface area contributed by atoms with E-state index in [-0.39, 0.29) is 34.2 Å². The van der Waals surface area contributed by atoms with Crippen molar-refractivity contribution in [1.82, 2.24) is 0 Å². The minimum absolute atomic E-state index is 0.111. The summed E-state index contributed by atoms with van der Waals surface area (Å²) in [6.07, 6.45) is 0. The molecule has 0 atom stereocenters. The van der Waals surface area contributed by atoms with Crippen molar-refractivity contribution < 1.29 is 33.4 Å². The Morgan fingerprint density at radius 3 is 2.00 bits per heavy atom. The van der Waals surface area contributed by atoms with Crippen LogP contribution in [0.15, 0.2) is 24.3 Å². The maximum Gasteiger partial charge on any atom is 0.348 e. The molecule has 1 heterocycles. The molecule has 0 saturated heterocycles. The summed E-state index contributed by atoms with van der Waals surface area (Å²) in [6, 6.07) is 5.82. The highest BCUT2D eigenvalue weighted by molar-refractivity contribution is 7.18. The monoisotopic (exact) mass is 419 g/mol. The van der Waals surface area contributed by atoms with Crippen LogP contribution in [0.2, 0.25) is 0 Å². The molecule has 0 aliphatic heterocycles. The van der Waals surface area contributed by atoms with E-state index in [0.717, 1.165) is 11.3 Å². The number of methoxy groups -OCH3 is 1. The Morgan fingerprint density at radius 2 is 1.45 bits per heavy atom. The van der Waals surface area contributed by atoms with E-state index < -0.39 is 23.8 Å². The fourth-order valence-electron chi connectivity index (χ4n) is 2.49. The van der Waals surface area contributed by atoms with Crippen LogP contribution < -0.4 is 5.32 Å². The van der Waals surface area contributed by atoms with E-state index in [2.05, 4.69) is 10.1 Å². The third-order valence-corrected chi connectivity index (χ3v) is 5.07. The predicted octanol–water partition coefficient (Wildman–Crippen LogP) is 3.45. The van der Waals surface area contributed by atoms with Crippen LogP contribution in [0.5, 0.6) is 0 Å². The van der Waals surface area contributed by atoms with Crippen LogP contribution in [0.1, 0.15) is 60.2 Å². The molecule has 154 valence electrons. The lowest BCUT2D eigenvalue weighted by atomic mass is 10.1. The normalized spacial score (nSPS) is 10.2. The number of ether oxygens (including phenoxy) is 3. The summed E-state index contributed by atoms with van der Waals surface area (Å²) in [4.78, 5) is 48.9. The van der Waals surface area contributed by atoms with E-state index in [1.807, 2.05) is 0 Å². The summed E-state index contributed by atoms with van der Waals surface area (Å²) in [5.74, 6) is -2.25. The highest BCUT2D eigenvalue weighted by Crippen LogP contribution is 2.34. The molecule has 0 aliphatic carbocycles. The molecule has 9 heteroatoms. The molecule has 8 nitrogen and oxygen atoms in total. The van der Waals surface area contributed by atoms with Crippen molar-refractivity contribution >= 4 is 40.2 Å². The zero-order valence-electron chi connectivity index (χ0n) is 16.5. The fourth-order valence-corrected chi connectivity index (χ4v) is 3.58. The third-order valence-electron chi connectivity index (χ3n) is 3.88. The number of hydrogen-bond donors (Lipinski definition) is 1. The Bertz CT molecular complexity index is 931. The van der Waals surface area contributed by atoms with Gasteiger partial charge in [-0.25, -0.2) is 14.4 Å². The van der Waals surface area contributed by atoms with E-state index in [4.69, 9.17) is 9.47 Å². The Hall–Kier alpha value is -3.20. The zero-order chi connectivity index (χ0) is 21.6. The first-order valence-electron chi connectivity index (χ1n) is 8.81. The highest BCUT2D eigenvalue weighted by Gasteiger charge is 2.27. The molecule has 0 radical (unpaired) electrons. The number of benzene rings is 1. The van der Waals surface area contributed by atoms with Gasteiger partial charge in [0.15, 0.2) is 0 Å². The van der Waals surface area contributed by atoms with Gasteiger partial charge in [-0.15, -0.1) is 11.3 Å². The quantitative estimate of drug-likeness (QED) is 0.541. The number of esters is 3. The van der Waals surface area contributed by atoms with Crippen molar-refractivity contribution in [3.8, 4) is 0 Å². The first-order chi connectivity index (χ1) is 13.8. The third kappa shape index (κ3) is 5.00. The summed E-state index contributed by atoms with van der Waals surface area (Å²) in [6.45, 7) is 5.25. The van der Waals surface area contributed by atoms with Gasteiger partial charge in [-0.3, -0.25) is 4.79 Å². The summed E-state index contributed by atoms with van der Waals surface area (Å²) in [5, 5.41) is 2.83. The molecule has 0 bridgehead atoms. The van der Waals surface area contributed by atoms with Gasteiger partial charge >= 0.3 is 17.9 Å². The molecule has 2 aromatic rings. The number of nitrogens with one attached hydrogen (secondary N) is 1. The Balaban J connectivity index is 2.35. The van der Waals surface area contributed by atoms with Gasteiger partial charge in [0.2, 0.25) is 0 Å². The van der Waals surface area contributed by atoms with Gasteiger partial charge in [0, 0.05) is 5.56 Å². The number of carbonyl (C=O) groups is 4. The molecule has 1 amide bonds. The number of hydrogen-bond acceptors (Lipinski definition) is 8. The Morgan fingerprint density at radius 1 is 0.897 bits per heavy atom. The molecule has 0 fully saturated rings. The maximum atomic E-state index is 12.6. The van der Waals surface area contributed by atoms with E-state index in [0.29, 0.717) is 11.1 Å². The number of amides is 1. The Labute approximate surface area is 171 Å². The molecule has 0 unspecified atom stereocenters. The Kier molecular flexibility index (Phi) is 7.49. The van der Waals surface area contributed by atoms with Gasteiger partial charge in [-0.05, 0) is 50.6 Å². The lowest BCUT2D eigenvalue weighted by molar-refractivity contribution is 0.0526. The zero-order valence-corrected chi connectivity index (χ0v) is 17.3. The van der Waals surface area contributed by atoms with Crippen molar-refractivity contribution in [1.29, 1.82) is 0 Å². The van der Waals surface area contributed by atoms with Crippen LogP contribution >= 0.6 is 11.3 Å². The van der Waals surface area contributed by atoms with Crippen LogP contribution in [0, 0.1) is 6.92 Å². The van der Waals surface area contributed by atoms with Gasteiger partial charge in [-0.2, -0.15) is 0 Å². The summed E-state index contributed by atoms with van der Waals surface area (Å²) in [7, 11) is 1.26. The molecule has 0 aliphatic rings. The second kappa shape index (κ2) is 9.83. The fraction of sp³-hybridized carbons (Fsp3) is 0.300. The molecule has 1 aromatic heterocycles. The average Bonchev–Trinajstić information content (AvgIpc) is 3.03. The van der Waals surface area contributed by atoms with Crippen molar-refractivity contribution in [3.05, 3.63) is 51.4 Å². The number of rotatable bonds is 7. The number of anilines is 1. The first kappa shape index (κ1) is 22.1. The second-order valence-corrected chi connectivity index (χ2v) is 6.74. The number of thiophene rings is 1. The van der Waals surface area contributed by atoms with E-state index in [9.17, 15) is 19.2 Å². The van der Waals surface area contributed by atoms with Gasteiger partial charge in [-0.1, -0.05) is 0 Å². The highest BCUT2D eigenvalue weighted by atomic mass is 32.1. The minimum atomic E-state index is -0.645. The van der Waals surface area contributed by atoms with E-state index in [1.54, 1.807) is 20.8 Å². The molecule has 29 heavy (non-hydrogen) atoms. The second-order valence-electron chi connectivity index (χ2n) is 5.72. The summed E-state index contributed by atoms with van der Waals surface area (Å²) < 4.78 is 14.7.